The molecule has 7 nitrogen and oxygen atoms in total. The predicted octanol–water partition coefficient (Wildman–Crippen LogP) is 1.01. The number of piperidine rings is 1. The molecule has 3 heterocycles. The molecule has 0 bridgehead atoms. The molecule has 2 unspecified atom stereocenters. The molecular formula is C21H28N4O3. The molecule has 3 N–H and O–H groups in total. The Kier molecular flexibility index (Phi) is 4.75. The number of amides is 3. The largest absolute Gasteiger partial charge is 0.329 e. The molecule has 0 saturated carbocycles. The molecule has 150 valence electrons. The summed E-state index contributed by atoms with van der Waals surface area (Å²) in [6.45, 7) is 7.42. The summed E-state index contributed by atoms with van der Waals surface area (Å²) in [6, 6.07) is 5.74. The molecule has 3 aliphatic rings. The Balaban J connectivity index is 1.50. The summed E-state index contributed by atoms with van der Waals surface area (Å²) >= 11 is 0. The van der Waals surface area contributed by atoms with E-state index in [4.69, 9.17) is 5.73 Å². The Hall–Kier alpha value is -2.25. The highest BCUT2D eigenvalue weighted by molar-refractivity contribution is 6.05. The maximum Gasteiger partial charge on any atom is 0.255 e. The van der Waals surface area contributed by atoms with E-state index in [1.807, 2.05) is 12.1 Å². The average Bonchev–Trinajstić information content (AvgIpc) is 3.11. The summed E-state index contributed by atoms with van der Waals surface area (Å²) in [6.07, 6.45) is 1.78. The van der Waals surface area contributed by atoms with E-state index in [1.165, 1.54) is 0 Å². The fourth-order valence-corrected chi connectivity index (χ4v) is 4.87. The normalized spacial score (nSPS) is 27.2. The first kappa shape index (κ1) is 19.1. The molecule has 1 aromatic rings. The van der Waals surface area contributed by atoms with Crippen LogP contribution < -0.4 is 11.1 Å². The number of imide groups is 1. The van der Waals surface area contributed by atoms with Crippen LogP contribution in [0.25, 0.3) is 0 Å². The van der Waals surface area contributed by atoms with E-state index < -0.39 is 6.04 Å². The molecule has 3 amide bonds. The Bertz CT molecular complexity index is 835. The monoisotopic (exact) mass is 384 g/mol. The smallest absolute Gasteiger partial charge is 0.255 e. The van der Waals surface area contributed by atoms with Crippen molar-refractivity contribution in [3.05, 3.63) is 34.9 Å². The lowest BCUT2D eigenvalue weighted by atomic mass is 9.85. The van der Waals surface area contributed by atoms with Crippen molar-refractivity contribution in [1.29, 1.82) is 0 Å². The lowest BCUT2D eigenvalue weighted by molar-refractivity contribution is -0.136. The van der Waals surface area contributed by atoms with Gasteiger partial charge in [0.25, 0.3) is 5.91 Å². The van der Waals surface area contributed by atoms with Crippen molar-refractivity contribution in [2.75, 3.05) is 13.1 Å². The van der Waals surface area contributed by atoms with Gasteiger partial charge in [0.15, 0.2) is 0 Å². The molecule has 4 rings (SSSR count). The van der Waals surface area contributed by atoms with Crippen LogP contribution in [0.2, 0.25) is 0 Å². The van der Waals surface area contributed by atoms with Gasteiger partial charge in [-0.2, -0.15) is 0 Å². The molecule has 1 aromatic carbocycles. The van der Waals surface area contributed by atoms with Crippen molar-refractivity contribution in [1.82, 2.24) is 15.1 Å². The number of likely N-dealkylation sites (tertiary alicyclic amines) is 1. The van der Waals surface area contributed by atoms with Gasteiger partial charge in [-0.1, -0.05) is 26.0 Å². The number of nitrogens with zero attached hydrogens (tertiary/aromatic N) is 2. The third-order valence-electron chi connectivity index (χ3n) is 6.58. The number of nitrogens with one attached hydrogen (secondary N) is 1. The Morgan fingerprint density at radius 1 is 1.25 bits per heavy atom. The third kappa shape index (κ3) is 3.22. The minimum atomic E-state index is -0.568. The van der Waals surface area contributed by atoms with Gasteiger partial charge in [-0.25, -0.2) is 0 Å². The van der Waals surface area contributed by atoms with Gasteiger partial charge in [0.1, 0.15) is 6.04 Å². The van der Waals surface area contributed by atoms with Crippen molar-refractivity contribution < 1.29 is 14.4 Å². The van der Waals surface area contributed by atoms with Gasteiger partial charge >= 0.3 is 0 Å². The molecular weight excluding hydrogens is 356 g/mol. The fourth-order valence-electron chi connectivity index (χ4n) is 4.87. The van der Waals surface area contributed by atoms with Gasteiger partial charge in [0.2, 0.25) is 11.8 Å². The number of carbonyl (C=O) groups is 3. The molecule has 2 fully saturated rings. The summed E-state index contributed by atoms with van der Waals surface area (Å²) in [7, 11) is 0. The zero-order chi connectivity index (χ0) is 20.1. The summed E-state index contributed by atoms with van der Waals surface area (Å²) in [5, 5.41) is 2.34. The minimum absolute atomic E-state index is 0.127. The molecule has 0 aliphatic carbocycles. The predicted molar refractivity (Wildman–Crippen MR) is 104 cm³/mol. The second kappa shape index (κ2) is 6.97. The van der Waals surface area contributed by atoms with E-state index in [2.05, 4.69) is 30.1 Å². The van der Waals surface area contributed by atoms with Crippen LogP contribution in [0.1, 0.15) is 54.6 Å². The zero-order valence-electron chi connectivity index (χ0n) is 16.5. The first-order chi connectivity index (χ1) is 13.3. The van der Waals surface area contributed by atoms with Crippen LogP contribution in [-0.4, -0.2) is 52.7 Å². The first-order valence-electron chi connectivity index (χ1n) is 10.0. The maximum atomic E-state index is 12.8. The second-order valence-corrected chi connectivity index (χ2v) is 8.85. The highest BCUT2D eigenvalue weighted by Gasteiger charge is 2.41. The summed E-state index contributed by atoms with van der Waals surface area (Å²) in [5.74, 6) is -0.767. The van der Waals surface area contributed by atoms with Crippen molar-refractivity contribution >= 4 is 17.7 Å². The van der Waals surface area contributed by atoms with E-state index in [-0.39, 0.29) is 29.6 Å². The number of fused-ring (bicyclic) bond motifs is 1. The van der Waals surface area contributed by atoms with Gasteiger partial charge in [-0.05, 0) is 42.0 Å². The number of hydrogen-bond acceptors (Lipinski definition) is 5. The first-order valence-corrected chi connectivity index (χ1v) is 10.0. The minimum Gasteiger partial charge on any atom is -0.329 e. The topological polar surface area (TPSA) is 95.7 Å². The van der Waals surface area contributed by atoms with Crippen LogP contribution in [0.4, 0.5) is 0 Å². The third-order valence-corrected chi connectivity index (χ3v) is 6.58. The van der Waals surface area contributed by atoms with E-state index in [1.54, 1.807) is 4.90 Å². The van der Waals surface area contributed by atoms with E-state index in [0.29, 0.717) is 31.1 Å². The van der Waals surface area contributed by atoms with Crippen molar-refractivity contribution in [2.45, 2.75) is 58.3 Å². The van der Waals surface area contributed by atoms with Gasteiger partial charge in [-0.3, -0.25) is 24.6 Å². The zero-order valence-corrected chi connectivity index (χ0v) is 16.5. The molecule has 0 spiro atoms. The van der Waals surface area contributed by atoms with Crippen LogP contribution >= 0.6 is 0 Å². The fraction of sp³-hybridized carbons (Fsp3) is 0.571. The van der Waals surface area contributed by atoms with E-state index >= 15 is 0 Å². The number of benzene rings is 1. The SMILES string of the molecule is CC1(C)CCN(Cc2ccc3c(c2)CN(C2CCC(=O)NC2=O)C3=O)C1CN. The summed E-state index contributed by atoms with van der Waals surface area (Å²) in [4.78, 5) is 40.4. The summed E-state index contributed by atoms with van der Waals surface area (Å²) in [5.41, 5.74) is 9.01. The van der Waals surface area contributed by atoms with Crippen LogP contribution in [0.15, 0.2) is 18.2 Å². The van der Waals surface area contributed by atoms with Gasteiger partial charge < -0.3 is 10.6 Å². The Morgan fingerprint density at radius 3 is 2.75 bits per heavy atom. The lowest BCUT2D eigenvalue weighted by Gasteiger charge is -2.31. The van der Waals surface area contributed by atoms with Crippen LogP contribution in [0, 0.1) is 5.41 Å². The van der Waals surface area contributed by atoms with E-state index in [0.717, 1.165) is 30.6 Å². The highest BCUT2D eigenvalue weighted by atomic mass is 16.2. The van der Waals surface area contributed by atoms with Crippen molar-refractivity contribution in [2.24, 2.45) is 11.1 Å². The maximum absolute atomic E-state index is 12.8. The number of nitrogens with two attached hydrogens (primary N) is 1. The molecule has 3 aliphatic heterocycles. The quantitative estimate of drug-likeness (QED) is 0.756. The molecule has 2 atom stereocenters. The van der Waals surface area contributed by atoms with Crippen molar-refractivity contribution in [3.8, 4) is 0 Å². The van der Waals surface area contributed by atoms with E-state index in [9.17, 15) is 14.4 Å². The highest BCUT2D eigenvalue weighted by Crippen LogP contribution is 2.37. The molecule has 7 heteroatoms. The number of hydrogen-bond donors (Lipinski definition) is 2. The van der Waals surface area contributed by atoms with Crippen LogP contribution in [-0.2, 0) is 22.7 Å². The Labute approximate surface area is 165 Å². The molecule has 2 saturated heterocycles. The van der Waals surface area contributed by atoms with Gasteiger partial charge in [0.05, 0.1) is 0 Å². The molecule has 28 heavy (non-hydrogen) atoms. The Morgan fingerprint density at radius 2 is 2.04 bits per heavy atom. The van der Waals surface area contributed by atoms with Crippen LogP contribution in [0.5, 0.6) is 0 Å². The standard InChI is InChI=1S/C21H28N4O3/c1-21(2)7-8-24(17(21)10-22)11-13-3-4-15-14(9-13)12-25(20(15)28)16-5-6-18(26)23-19(16)27/h3-4,9,16-17H,5-8,10-12,22H2,1-2H3,(H,23,26,27). The van der Waals surface area contributed by atoms with Crippen LogP contribution in [0.3, 0.4) is 0 Å². The number of carbonyl (C=O) groups excluding carboxylic acids is 3. The van der Waals surface area contributed by atoms with Gasteiger partial charge in [0, 0.05) is 37.7 Å². The van der Waals surface area contributed by atoms with Gasteiger partial charge in [-0.15, -0.1) is 0 Å². The molecule has 0 radical (unpaired) electrons. The number of rotatable bonds is 4. The summed E-state index contributed by atoms with van der Waals surface area (Å²) < 4.78 is 0. The second-order valence-electron chi connectivity index (χ2n) is 8.85. The average molecular weight is 384 g/mol. The molecule has 0 aromatic heterocycles. The lowest BCUT2D eigenvalue weighted by Crippen LogP contribution is -2.52. The van der Waals surface area contributed by atoms with Crippen molar-refractivity contribution in [3.63, 3.8) is 0 Å².